The molecule has 0 aliphatic carbocycles. The maximum atomic E-state index is 11.9. The molecule has 132 valence electrons. The number of benzene rings is 2. The zero-order chi connectivity index (χ0) is 18.6. The van der Waals surface area contributed by atoms with Gasteiger partial charge in [0.15, 0.2) is 5.11 Å². The lowest BCUT2D eigenvalue weighted by Gasteiger charge is -2.20. The molecule has 1 amide bonds. The zero-order valence-corrected chi connectivity index (χ0v) is 16.2. The minimum absolute atomic E-state index is 0.0178. The van der Waals surface area contributed by atoms with Gasteiger partial charge in [0.25, 0.3) is 5.91 Å². The Kier molecular flexibility index (Phi) is 6.15. The topological polar surface area (TPSA) is 44.4 Å². The number of carbonyl (C=O) groups is 1. The lowest BCUT2D eigenvalue weighted by Crippen LogP contribution is -2.31. The summed E-state index contributed by atoms with van der Waals surface area (Å²) in [5.41, 5.74) is 5.20. The Hall–Kier alpha value is -2.40. The van der Waals surface area contributed by atoms with Gasteiger partial charge in [-0.05, 0) is 68.4 Å². The third-order valence-corrected chi connectivity index (χ3v) is 4.26. The molecule has 0 saturated carbocycles. The highest BCUT2D eigenvalue weighted by Crippen LogP contribution is 2.19. The lowest BCUT2D eigenvalue weighted by atomic mass is 10.0. The second-order valence-electron chi connectivity index (χ2n) is 6.46. The van der Waals surface area contributed by atoms with Crippen LogP contribution in [0.2, 0.25) is 0 Å². The molecule has 0 unspecified atom stereocenters. The van der Waals surface area contributed by atoms with Crippen LogP contribution in [-0.2, 0) is 0 Å². The van der Waals surface area contributed by atoms with Crippen LogP contribution in [0.4, 0.5) is 5.69 Å². The normalized spacial score (nSPS) is 11.6. The second kappa shape index (κ2) is 8.12. The number of thiocarbonyl (C=S) groups is 1. The predicted molar refractivity (Wildman–Crippen MR) is 108 cm³/mol. The molecule has 2 rings (SSSR count). The van der Waals surface area contributed by atoms with Crippen LogP contribution in [0.1, 0.15) is 40.0 Å². The van der Waals surface area contributed by atoms with Gasteiger partial charge in [0, 0.05) is 25.3 Å². The maximum absolute atomic E-state index is 11.9. The first-order chi connectivity index (χ1) is 11.8. The summed E-state index contributed by atoms with van der Waals surface area (Å²) < 4.78 is 0. The van der Waals surface area contributed by atoms with Crippen molar-refractivity contribution in [3.8, 4) is 0 Å². The van der Waals surface area contributed by atoms with Crippen molar-refractivity contribution < 1.29 is 4.79 Å². The summed E-state index contributed by atoms with van der Waals surface area (Å²) in [6.45, 7) is 6.28. The first-order valence-electron chi connectivity index (χ1n) is 8.24. The van der Waals surface area contributed by atoms with Crippen molar-refractivity contribution in [1.29, 1.82) is 0 Å². The molecule has 2 aromatic rings. The Morgan fingerprint density at radius 1 is 1.08 bits per heavy atom. The third-order valence-electron chi connectivity index (χ3n) is 4.04. The van der Waals surface area contributed by atoms with E-state index in [1.165, 1.54) is 16.7 Å². The van der Waals surface area contributed by atoms with E-state index in [9.17, 15) is 4.79 Å². The molecule has 2 N–H and O–H groups in total. The molecule has 0 spiro atoms. The molecule has 5 heteroatoms. The molecular weight excluding hydrogens is 330 g/mol. The fourth-order valence-electron chi connectivity index (χ4n) is 2.62. The van der Waals surface area contributed by atoms with Gasteiger partial charge in [-0.25, -0.2) is 0 Å². The quantitative estimate of drug-likeness (QED) is 0.812. The summed E-state index contributed by atoms with van der Waals surface area (Å²) >= 11 is 5.42. The second-order valence-corrected chi connectivity index (χ2v) is 6.87. The van der Waals surface area contributed by atoms with E-state index in [2.05, 4.69) is 49.6 Å². The highest BCUT2D eigenvalue weighted by Gasteiger charge is 2.11. The smallest absolute Gasteiger partial charge is 0.253 e. The number of nitrogens with zero attached hydrogens (tertiary/aromatic N) is 1. The summed E-state index contributed by atoms with van der Waals surface area (Å²) in [6.07, 6.45) is 0. The molecule has 0 heterocycles. The Bertz CT molecular complexity index is 769. The molecule has 0 radical (unpaired) electrons. The number of anilines is 1. The number of carbonyl (C=O) groups excluding carboxylic acids is 1. The van der Waals surface area contributed by atoms with Gasteiger partial charge in [0.1, 0.15) is 0 Å². The van der Waals surface area contributed by atoms with Crippen molar-refractivity contribution in [2.24, 2.45) is 0 Å². The van der Waals surface area contributed by atoms with E-state index in [4.69, 9.17) is 12.2 Å². The van der Waals surface area contributed by atoms with Crippen LogP contribution in [-0.4, -0.2) is 30.0 Å². The van der Waals surface area contributed by atoms with Crippen molar-refractivity contribution in [2.45, 2.75) is 26.8 Å². The van der Waals surface area contributed by atoms with Gasteiger partial charge in [0.2, 0.25) is 0 Å². The van der Waals surface area contributed by atoms with Crippen molar-refractivity contribution in [3.63, 3.8) is 0 Å². The summed E-state index contributed by atoms with van der Waals surface area (Å²) in [7, 11) is 3.48. The third kappa shape index (κ3) is 5.03. The van der Waals surface area contributed by atoms with Crippen LogP contribution in [0, 0.1) is 13.8 Å². The summed E-state index contributed by atoms with van der Waals surface area (Å²) in [5.74, 6) is -0.0178. The highest BCUT2D eigenvalue weighted by atomic mass is 32.1. The Morgan fingerprint density at radius 2 is 1.72 bits per heavy atom. The number of aryl methyl sites for hydroxylation is 2. The van der Waals surface area contributed by atoms with E-state index >= 15 is 0 Å². The summed E-state index contributed by atoms with van der Waals surface area (Å²) in [4.78, 5) is 13.5. The van der Waals surface area contributed by atoms with Crippen molar-refractivity contribution in [3.05, 3.63) is 64.7 Å². The molecule has 25 heavy (non-hydrogen) atoms. The highest BCUT2D eigenvalue weighted by molar-refractivity contribution is 7.80. The van der Waals surface area contributed by atoms with Crippen LogP contribution < -0.4 is 10.6 Å². The van der Waals surface area contributed by atoms with E-state index in [1.807, 2.05) is 12.1 Å². The Labute approximate surface area is 155 Å². The van der Waals surface area contributed by atoms with E-state index in [-0.39, 0.29) is 11.9 Å². The molecule has 2 aromatic carbocycles. The monoisotopic (exact) mass is 355 g/mol. The first kappa shape index (κ1) is 18.9. The molecule has 0 bridgehead atoms. The number of hydrogen-bond acceptors (Lipinski definition) is 2. The van der Waals surface area contributed by atoms with Crippen LogP contribution >= 0.6 is 12.2 Å². The Morgan fingerprint density at radius 3 is 2.32 bits per heavy atom. The average molecular weight is 356 g/mol. The van der Waals surface area contributed by atoms with Crippen molar-refractivity contribution in [1.82, 2.24) is 10.2 Å². The van der Waals surface area contributed by atoms with Gasteiger partial charge in [-0.2, -0.15) is 0 Å². The van der Waals surface area contributed by atoms with Crippen LogP contribution in [0.3, 0.4) is 0 Å². The SMILES string of the molecule is Cc1ccc(C)c([C@H](C)NC(=S)Nc2ccc(C(=O)N(C)C)cc2)c1. The average Bonchev–Trinajstić information content (AvgIpc) is 2.56. The predicted octanol–water partition coefficient (Wildman–Crippen LogP) is 4.05. The van der Waals surface area contributed by atoms with Crippen LogP contribution in [0.5, 0.6) is 0 Å². The molecule has 1 atom stereocenters. The molecule has 0 aliphatic rings. The zero-order valence-electron chi connectivity index (χ0n) is 15.4. The summed E-state index contributed by atoms with van der Waals surface area (Å²) in [6, 6.07) is 13.8. The molecule has 0 aromatic heterocycles. The fraction of sp³-hybridized carbons (Fsp3) is 0.300. The van der Waals surface area contributed by atoms with Gasteiger partial charge in [0.05, 0.1) is 6.04 Å². The van der Waals surface area contributed by atoms with Crippen LogP contribution in [0.25, 0.3) is 0 Å². The number of nitrogens with one attached hydrogen (secondary N) is 2. The molecule has 0 fully saturated rings. The largest absolute Gasteiger partial charge is 0.356 e. The number of rotatable bonds is 4. The maximum Gasteiger partial charge on any atom is 0.253 e. The molecule has 4 nitrogen and oxygen atoms in total. The van der Waals surface area contributed by atoms with Gasteiger partial charge in [-0.3, -0.25) is 4.79 Å². The van der Waals surface area contributed by atoms with Crippen molar-refractivity contribution >= 4 is 28.9 Å². The lowest BCUT2D eigenvalue weighted by molar-refractivity contribution is 0.0827. The first-order valence-corrected chi connectivity index (χ1v) is 8.65. The van der Waals surface area contributed by atoms with E-state index in [0.29, 0.717) is 10.7 Å². The van der Waals surface area contributed by atoms with Crippen LogP contribution in [0.15, 0.2) is 42.5 Å². The molecular formula is C20H25N3OS. The van der Waals surface area contributed by atoms with Gasteiger partial charge >= 0.3 is 0 Å². The number of amides is 1. The minimum atomic E-state index is -0.0178. The number of hydrogen-bond donors (Lipinski definition) is 2. The molecule has 0 saturated heterocycles. The van der Waals surface area contributed by atoms with E-state index < -0.39 is 0 Å². The van der Waals surface area contributed by atoms with Gasteiger partial charge < -0.3 is 15.5 Å². The van der Waals surface area contributed by atoms with Gasteiger partial charge in [-0.15, -0.1) is 0 Å². The van der Waals surface area contributed by atoms with E-state index in [1.54, 1.807) is 31.1 Å². The van der Waals surface area contributed by atoms with Gasteiger partial charge in [-0.1, -0.05) is 23.8 Å². The standard InChI is InChI=1S/C20H25N3OS/c1-13-6-7-14(2)18(12-13)15(3)21-20(25)22-17-10-8-16(9-11-17)19(24)23(4)5/h6-12,15H,1-5H3,(H2,21,22,25)/t15-/m0/s1. The van der Waals surface area contributed by atoms with Crippen molar-refractivity contribution in [2.75, 3.05) is 19.4 Å². The molecule has 0 aliphatic heterocycles. The fourth-order valence-corrected chi connectivity index (χ4v) is 2.92. The summed E-state index contributed by atoms with van der Waals surface area (Å²) in [5, 5.41) is 7.04. The van der Waals surface area contributed by atoms with E-state index in [0.717, 1.165) is 5.69 Å². The Balaban J connectivity index is 2.00. The minimum Gasteiger partial charge on any atom is -0.356 e.